The van der Waals surface area contributed by atoms with Crippen molar-refractivity contribution in [3.8, 4) is 0 Å². The SMILES string of the molecule is COC(=O)C(C)=CCN(CCCO)C1CCC1. The largest absolute Gasteiger partial charge is 0.466 e. The number of rotatable bonds is 7. The Kier molecular flexibility index (Phi) is 6.22. The van der Waals surface area contributed by atoms with E-state index in [1.165, 1.54) is 26.4 Å². The Balaban J connectivity index is 2.44. The minimum Gasteiger partial charge on any atom is -0.466 e. The Morgan fingerprint density at radius 3 is 2.71 bits per heavy atom. The standard InChI is InChI=1S/C13H23NO3/c1-11(13(16)17-2)7-9-14(8-4-10-15)12-5-3-6-12/h7,12,15H,3-6,8-10H2,1-2H3. The number of carbonyl (C=O) groups excluding carboxylic acids is 1. The third kappa shape index (κ3) is 4.48. The zero-order valence-corrected chi connectivity index (χ0v) is 10.8. The lowest BCUT2D eigenvalue weighted by Gasteiger charge is -2.37. The maximum absolute atomic E-state index is 11.2. The molecular weight excluding hydrogens is 218 g/mol. The summed E-state index contributed by atoms with van der Waals surface area (Å²) in [6.45, 7) is 3.66. The molecule has 1 aliphatic rings. The van der Waals surface area contributed by atoms with E-state index in [9.17, 15) is 4.79 Å². The van der Waals surface area contributed by atoms with Crippen LogP contribution < -0.4 is 0 Å². The van der Waals surface area contributed by atoms with Crippen molar-refractivity contribution in [1.82, 2.24) is 4.90 Å². The first kappa shape index (κ1) is 14.2. The Bertz CT molecular complexity index is 272. The molecule has 0 heterocycles. The molecule has 0 unspecified atom stereocenters. The van der Waals surface area contributed by atoms with Crippen LogP contribution in [0, 0.1) is 0 Å². The van der Waals surface area contributed by atoms with E-state index in [1.54, 1.807) is 6.92 Å². The monoisotopic (exact) mass is 241 g/mol. The summed E-state index contributed by atoms with van der Waals surface area (Å²) < 4.78 is 4.66. The number of methoxy groups -OCH3 is 1. The van der Waals surface area contributed by atoms with E-state index in [2.05, 4.69) is 9.64 Å². The first-order valence-electron chi connectivity index (χ1n) is 6.29. The number of esters is 1. The first-order chi connectivity index (χ1) is 8.19. The zero-order valence-electron chi connectivity index (χ0n) is 10.8. The summed E-state index contributed by atoms with van der Waals surface area (Å²) in [5, 5.41) is 8.88. The van der Waals surface area contributed by atoms with Crippen LogP contribution in [0.2, 0.25) is 0 Å². The highest BCUT2D eigenvalue weighted by molar-refractivity contribution is 5.87. The van der Waals surface area contributed by atoms with Crippen molar-refractivity contribution < 1.29 is 14.6 Å². The Morgan fingerprint density at radius 2 is 2.24 bits per heavy atom. The van der Waals surface area contributed by atoms with Gasteiger partial charge in [-0.25, -0.2) is 4.79 Å². The number of carbonyl (C=O) groups is 1. The molecule has 1 saturated carbocycles. The van der Waals surface area contributed by atoms with Crippen molar-refractivity contribution in [3.63, 3.8) is 0 Å². The molecule has 0 spiro atoms. The first-order valence-corrected chi connectivity index (χ1v) is 6.29. The third-order valence-corrected chi connectivity index (χ3v) is 3.33. The zero-order chi connectivity index (χ0) is 12.7. The molecule has 0 bridgehead atoms. The average Bonchev–Trinajstić information content (AvgIpc) is 2.28. The van der Waals surface area contributed by atoms with E-state index >= 15 is 0 Å². The number of ether oxygens (including phenoxy) is 1. The molecule has 0 aliphatic heterocycles. The van der Waals surface area contributed by atoms with Gasteiger partial charge in [0, 0.05) is 31.3 Å². The van der Waals surface area contributed by atoms with Gasteiger partial charge in [-0.2, -0.15) is 0 Å². The van der Waals surface area contributed by atoms with E-state index in [0.29, 0.717) is 11.6 Å². The van der Waals surface area contributed by atoms with Crippen LogP contribution in [-0.2, 0) is 9.53 Å². The molecular formula is C13H23NO3. The molecule has 4 heteroatoms. The van der Waals surface area contributed by atoms with Gasteiger partial charge in [0.1, 0.15) is 0 Å². The molecule has 0 amide bonds. The summed E-state index contributed by atoms with van der Waals surface area (Å²) in [4.78, 5) is 13.6. The molecule has 0 aromatic rings. The maximum Gasteiger partial charge on any atom is 0.333 e. The predicted molar refractivity (Wildman–Crippen MR) is 66.7 cm³/mol. The van der Waals surface area contributed by atoms with Gasteiger partial charge in [0.25, 0.3) is 0 Å². The van der Waals surface area contributed by atoms with E-state index in [1.807, 2.05) is 6.08 Å². The Labute approximate surface area is 103 Å². The molecule has 1 aliphatic carbocycles. The molecule has 4 nitrogen and oxygen atoms in total. The molecule has 1 rings (SSSR count). The average molecular weight is 241 g/mol. The minimum atomic E-state index is -0.263. The van der Waals surface area contributed by atoms with Gasteiger partial charge in [0.15, 0.2) is 0 Å². The summed E-state index contributed by atoms with van der Waals surface area (Å²) in [7, 11) is 1.40. The Morgan fingerprint density at radius 1 is 1.53 bits per heavy atom. The van der Waals surface area contributed by atoms with Crippen molar-refractivity contribution in [2.75, 3.05) is 26.8 Å². The predicted octanol–water partition coefficient (Wildman–Crippen LogP) is 1.34. The van der Waals surface area contributed by atoms with Crippen LogP contribution >= 0.6 is 0 Å². The molecule has 1 fully saturated rings. The third-order valence-electron chi connectivity index (χ3n) is 3.33. The van der Waals surface area contributed by atoms with Gasteiger partial charge in [0.2, 0.25) is 0 Å². The van der Waals surface area contributed by atoms with Gasteiger partial charge in [-0.15, -0.1) is 0 Å². The summed E-state index contributed by atoms with van der Waals surface area (Å²) in [6.07, 6.45) is 6.47. The normalized spacial score (nSPS) is 17.1. The number of aliphatic hydroxyl groups is 1. The van der Waals surface area contributed by atoms with E-state index < -0.39 is 0 Å². The molecule has 0 atom stereocenters. The van der Waals surface area contributed by atoms with E-state index in [0.717, 1.165) is 19.5 Å². The fraction of sp³-hybridized carbons (Fsp3) is 0.769. The lowest BCUT2D eigenvalue weighted by molar-refractivity contribution is -0.136. The van der Waals surface area contributed by atoms with Gasteiger partial charge in [0.05, 0.1) is 7.11 Å². The van der Waals surface area contributed by atoms with Crippen molar-refractivity contribution in [3.05, 3.63) is 11.6 Å². The van der Waals surface area contributed by atoms with Crippen LogP contribution in [0.3, 0.4) is 0 Å². The van der Waals surface area contributed by atoms with Crippen LogP contribution in [0.4, 0.5) is 0 Å². The van der Waals surface area contributed by atoms with Crippen molar-refractivity contribution in [1.29, 1.82) is 0 Å². The van der Waals surface area contributed by atoms with Gasteiger partial charge in [-0.3, -0.25) is 4.90 Å². The topological polar surface area (TPSA) is 49.8 Å². The summed E-state index contributed by atoms with van der Waals surface area (Å²) in [6, 6.07) is 0.628. The lowest BCUT2D eigenvalue weighted by Crippen LogP contribution is -2.41. The second-order valence-corrected chi connectivity index (χ2v) is 4.54. The molecule has 0 radical (unpaired) electrons. The van der Waals surface area contributed by atoms with Crippen molar-refractivity contribution in [2.45, 2.75) is 38.6 Å². The van der Waals surface area contributed by atoms with Gasteiger partial charge in [-0.05, 0) is 26.2 Å². The minimum absolute atomic E-state index is 0.225. The fourth-order valence-corrected chi connectivity index (χ4v) is 1.95. The lowest BCUT2D eigenvalue weighted by atomic mass is 9.91. The summed E-state index contributed by atoms with van der Waals surface area (Å²) >= 11 is 0. The van der Waals surface area contributed by atoms with E-state index in [-0.39, 0.29) is 12.6 Å². The molecule has 98 valence electrons. The quantitative estimate of drug-likeness (QED) is 0.540. The van der Waals surface area contributed by atoms with Crippen molar-refractivity contribution in [2.24, 2.45) is 0 Å². The molecule has 0 saturated heterocycles. The highest BCUT2D eigenvalue weighted by Gasteiger charge is 2.23. The second kappa shape index (κ2) is 7.45. The van der Waals surface area contributed by atoms with E-state index in [4.69, 9.17) is 5.11 Å². The number of aliphatic hydroxyl groups excluding tert-OH is 1. The second-order valence-electron chi connectivity index (χ2n) is 4.54. The number of hydrogen-bond acceptors (Lipinski definition) is 4. The number of hydrogen-bond donors (Lipinski definition) is 1. The molecule has 0 aromatic carbocycles. The molecule has 0 aromatic heterocycles. The van der Waals surface area contributed by atoms with Crippen LogP contribution in [0.5, 0.6) is 0 Å². The van der Waals surface area contributed by atoms with Crippen LogP contribution in [0.25, 0.3) is 0 Å². The highest BCUT2D eigenvalue weighted by atomic mass is 16.5. The number of nitrogens with zero attached hydrogens (tertiary/aromatic N) is 1. The summed E-state index contributed by atoms with van der Waals surface area (Å²) in [5.41, 5.74) is 0.654. The van der Waals surface area contributed by atoms with Crippen LogP contribution in [0.15, 0.2) is 11.6 Å². The van der Waals surface area contributed by atoms with Crippen LogP contribution in [0.1, 0.15) is 32.6 Å². The highest BCUT2D eigenvalue weighted by Crippen LogP contribution is 2.24. The molecule has 17 heavy (non-hydrogen) atoms. The van der Waals surface area contributed by atoms with Gasteiger partial charge >= 0.3 is 5.97 Å². The van der Waals surface area contributed by atoms with Crippen molar-refractivity contribution >= 4 is 5.97 Å². The molecule has 1 N–H and O–H groups in total. The van der Waals surface area contributed by atoms with Gasteiger partial charge in [-0.1, -0.05) is 12.5 Å². The smallest absolute Gasteiger partial charge is 0.333 e. The maximum atomic E-state index is 11.2. The summed E-state index contributed by atoms with van der Waals surface area (Å²) in [5.74, 6) is -0.263. The van der Waals surface area contributed by atoms with Crippen LogP contribution in [-0.4, -0.2) is 48.8 Å². The van der Waals surface area contributed by atoms with Gasteiger partial charge < -0.3 is 9.84 Å². The fourth-order valence-electron chi connectivity index (χ4n) is 1.95. The Hall–Kier alpha value is -0.870.